The van der Waals surface area contributed by atoms with Crippen LogP contribution in [0.5, 0.6) is 0 Å². The van der Waals surface area contributed by atoms with E-state index in [1.807, 2.05) is 36.7 Å². The van der Waals surface area contributed by atoms with Crippen LogP contribution >= 0.6 is 11.6 Å². The van der Waals surface area contributed by atoms with Gasteiger partial charge >= 0.3 is 0 Å². The van der Waals surface area contributed by atoms with E-state index in [1.165, 1.54) is 16.8 Å². The Labute approximate surface area is 164 Å². The van der Waals surface area contributed by atoms with Gasteiger partial charge in [-0.25, -0.2) is 9.97 Å². The van der Waals surface area contributed by atoms with E-state index in [2.05, 4.69) is 40.9 Å². The monoisotopic (exact) mass is 381 g/mol. The second-order valence-electron chi connectivity index (χ2n) is 8.15. The van der Waals surface area contributed by atoms with Crippen molar-refractivity contribution in [2.24, 2.45) is 0 Å². The lowest BCUT2D eigenvalue weighted by atomic mass is 9.95. The molecule has 27 heavy (non-hydrogen) atoms. The van der Waals surface area contributed by atoms with Crippen molar-refractivity contribution in [1.29, 1.82) is 0 Å². The number of aromatic nitrogens is 4. The van der Waals surface area contributed by atoms with E-state index in [4.69, 9.17) is 16.6 Å². The summed E-state index contributed by atoms with van der Waals surface area (Å²) in [4.78, 5) is 11.8. The highest BCUT2D eigenvalue weighted by Crippen LogP contribution is 2.27. The Morgan fingerprint density at radius 1 is 1.15 bits per heavy atom. The Morgan fingerprint density at radius 2 is 1.93 bits per heavy atom. The predicted molar refractivity (Wildman–Crippen MR) is 108 cm³/mol. The number of hydrogen-bond donors (Lipinski definition) is 1. The molecule has 140 valence electrons. The van der Waals surface area contributed by atoms with Crippen molar-refractivity contribution in [2.75, 3.05) is 6.54 Å². The molecule has 0 saturated heterocycles. The molecule has 0 spiro atoms. The maximum atomic E-state index is 6.01. The maximum Gasteiger partial charge on any atom is 0.133 e. The first-order valence-corrected chi connectivity index (χ1v) is 9.64. The van der Waals surface area contributed by atoms with Gasteiger partial charge in [0.25, 0.3) is 0 Å². The lowest BCUT2D eigenvalue weighted by Crippen LogP contribution is -2.32. The topological polar surface area (TPSA) is 57.7 Å². The molecule has 1 aliphatic rings. The number of fused-ring (bicyclic) bond motifs is 1. The van der Waals surface area contributed by atoms with Crippen molar-refractivity contribution in [2.45, 2.75) is 45.7 Å². The molecule has 0 unspecified atom stereocenters. The largest absolute Gasteiger partial charge is 0.294 e. The molecule has 0 aliphatic carbocycles. The van der Waals surface area contributed by atoms with Crippen molar-refractivity contribution < 1.29 is 0 Å². The Bertz CT molecular complexity index is 940. The third-order valence-electron chi connectivity index (χ3n) is 4.93. The van der Waals surface area contributed by atoms with E-state index in [0.717, 1.165) is 48.2 Å². The molecule has 0 amide bonds. The molecule has 1 aromatic carbocycles. The van der Waals surface area contributed by atoms with Crippen molar-refractivity contribution in [3.8, 4) is 11.3 Å². The van der Waals surface area contributed by atoms with Crippen LogP contribution in [0.15, 0.2) is 36.7 Å². The maximum absolute atomic E-state index is 6.01. The van der Waals surface area contributed by atoms with Gasteiger partial charge in [-0.3, -0.25) is 10.00 Å². The smallest absolute Gasteiger partial charge is 0.133 e. The third-order valence-corrected chi connectivity index (χ3v) is 5.18. The van der Waals surface area contributed by atoms with E-state index in [-0.39, 0.29) is 5.41 Å². The summed E-state index contributed by atoms with van der Waals surface area (Å²) < 4.78 is 0. The van der Waals surface area contributed by atoms with Crippen LogP contribution in [0, 0.1) is 0 Å². The Hall–Kier alpha value is -2.24. The van der Waals surface area contributed by atoms with Gasteiger partial charge in [0.05, 0.1) is 11.9 Å². The number of benzene rings is 1. The van der Waals surface area contributed by atoms with Gasteiger partial charge in [0, 0.05) is 59.5 Å². The van der Waals surface area contributed by atoms with Gasteiger partial charge in [0.2, 0.25) is 0 Å². The Kier molecular flexibility index (Phi) is 4.74. The second-order valence-corrected chi connectivity index (χ2v) is 8.59. The van der Waals surface area contributed by atoms with E-state index >= 15 is 0 Å². The Morgan fingerprint density at radius 3 is 2.67 bits per heavy atom. The summed E-state index contributed by atoms with van der Waals surface area (Å²) in [6.45, 7) is 9.15. The molecule has 0 radical (unpaired) electrons. The normalized spacial score (nSPS) is 15.0. The van der Waals surface area contributed by atoms with Crippen LogP contribution in [-0.4, -0.2) is 31.6 Å². The summed E-state index contributed by atoms with van der Waals surface area (Å²) >= 11 is 6.01. The summed E-state index contributed by atoms with van der Waals surface area (Å²) in [5, 5.41) is 8.13. The number of aromatic amines is 1. The molecule has 3 heterocycles. The van der Waals surface area contributed by atoms with E-state index in [9.17, 15) is 0 Å². The van der Waals surface area contributed by atoms with Gasteiger partial charge < -0.3 is 0 Å². The first-order chi connectivity index (χ1) is 12.9. The standard InChI is InChI=1S/C21H24ClN5/c1-21(2,3)20-23-10-15-12-27(9-8-18(15)25-20)13-16-11-24-26-19(16)14-4-6-17(22)7-5-14/h4-7,10-11H,8-9,12-13H2,1-3H3,(H,24,26). The van der Waals surface area contributed by atoms with E-state index in [1.54, 1.807) is 0 Å². The van der Waals surface area contributed by atoms with Crippen LogP contribution in [0.2, 0.25) is 5.02 Å². The van der Waals surface area contributed by atoms with Crippen molar-refractivity contribution in [1.82, 2.24) is 25.1 Å². The molecule has 0 fully saturated rings. The molecule has 2 aromatic heterocycles. The molecule has 4 rings (SSSR count). The fourth-order valence-corrected chi connectivity index (χ4v) is 3.54. The van der Waals surface area contributed by atoms with Crippen LogP contribution in [-0.2, 0) is 24.9 Å². The van der Waals surface area contributed by atoms with Gasteiger partial charge in [0.1, 0.15) is 5.82 Å². The summed E-state index contributed by atoms with van der Waals surface area (Å²) in [5.41, 5.74) is 5.74. The zero-order valence-corrected chi connectivity index (χ0v) is 16.7. The zero-order chi connectivity index (χ0) is 19.0. The molecule has 1 aliphatic heterocycles. The zero-order valence-electron chi connectivity index (χ0n) is 16.0. The molecule has 0 bridgehead atoms. The number of nitrogens with zero attached hydrogens (tertiary/aromatic N) is 4. The molecule has 5 nitrogen and oxygen atoms in total. The first-order valence-electron chi connectivity index (χ1n) is 9.26. The first kappa shape index (κ1) is 18.1. The summed E-state index contributed by atoms with van der Waals surface area (Å²) in [5.74, 6) is 0.926. The number of halogens is 1. The van der Waals surface area contributed by atoms with E-state index < -0.39 is 0 Å². The van der Waals surface area contributed by atoms with Gasteiger partial charge in [-0.2, -0.15) is 5.10 Å². The lowest BCUT2D eigenvalue weighted by molar-refractivity contribution is 0.242. The van der Waals surface area contributed by atoms with Crippen LogP contribution in [0.4, 0.5) is 0 Å². The predicted octanol–water partition coefficient (Wildman–Crippen LogP) is 4.38. The lowest BCUT2D eigenvalue weighted by Gasteiger charge is -2.29. The van der Waals surface area contributed by atoms with Gasteiger partial charge in [-0.1, -0.05) is 44.5 Å². The van der Waals surface area contributed by atoms with Crippen molar-refractivity contribution in [3.63, 3.8) is 0 Å². The molecule has 3 aromatic rings. The minimum atomic E-state index is -0.0174. The molecule has 0 saturated carbocycles. The second kappa shape index (κ2) is 7.06. The minimum absolute atomic E-state index is 0.0174. The van der Waals surface area contributed by atoms with Crippen molar-refractivity contribution in [3.05, 3.63) is 64.3 Å². The average Bonchev–Trinajstić information content (AvgIpc) is 3.09. The minimum Gasteiger partial charge on any atom is -0.294 e. The van der Waals surface area contributed by atoms with Crippen molar-refractivity contribution >= 4 is 11.6 Å². The summed E-state index contributed by atoms with van der Waals surface area (Å²) in [7, 11) is 0. The molecule has 0 atom stereocenters. The van der Waals surface area contributed by atoms with E-state index in [0.29, 0.717) is 0 Å². The fourth-order valence-electron chi connectivity index (χ4n) is 3.41. The molecule has 1 N–H and O–H groups in total. The fraction of sp³-hybridized carbons (Fsp3) is 0.381. The number of rotatable bonds is 3. The highest BCUT2D eigenvalue weighted by Gasteiger charge is 2.23. The average molecular weight is 382 g/mol. The third kappa shape index (κ3) is 3.89. The SMILES string of the molecule is CC(C)(C)c1ncc2c(n1)CCN(Cc1cn[nH]c1-c1ccc(Cl)cc1)C2. The number of H-pyrrole nitrogens is 1. The summed E-state index contributed by atoms with van der Waals surface area (Å²) in [6, 6.07) is 7.85. The van der Waals surface area contributed by atoms with Gasteiger partial charge in [0.15, 0.2) is 0 Å². The van der Waals surface area contributed by atoms with Gasteiger partial charge in [-0.05, 0) is 17.7 Å². The number of hydrogen-bond acceptors (Lipinski definition) is 4. The van der Waals surface area contributed by atoms with Crippen LogP contribution < -0.4 is 0 Å². The molecular weight excluding hydrogens is 358 g/mol. The molecular formula is C21H24ClN5. The highest BCUT2D eigenvalue weighted by molar-refractivity contribution is 6.30. The molecule has 6 heteroatoms. The highest BCUT2D eigenvalue weighted by atomic mass is 35.5. The number of nitrogens with one attached hydrogen (secondary N) is 1. The van der Waals surface area contributed by atoms with Crippen LogP contribution in [0.1, 0.15) is 43.4 Å². The van der Waals surface area contributed by atoms with Crippen LogP contribution in [0.3, 0.4) is 0 Å². The van der Waals surface area contributed by atoms with Gasteiger partial charge in [-0.15, -0.1) is 0 Å². The van der Waals surface area contributed by atoms with Crippen LogP contribution in [0.25, 0.3) is 11.3 Å². The summed E-state index contributed by atoms with van der Waals surface area (Å²) in [6.07, 6.45) is 4.87. The Balaban J connectivity index is 1.51. The quantitative estimate of drug-likeness (QED) is 0.731.